The van der Waals surface area contributed by atoms with Crippen molar-refractivity contribution < 1.29 is 0 Å². The van der Waals surface area contributed by atoms with Crippen LogP contribution in [0.5, 0.6) is 0 Å². The Morgan fingerprint density at radius 1 is 1.19 bits per heavy atom. The van der Waals surface area contributed by atoms with Crippen molar-refractivity contribution in [2.45, 2.75) is 20.4 Å². The number of hydrogen-bond donors (Lipinski definition) is 1. The van der Waals surface area contributed by atoms with Gasteiger partial charge in [-0.1, -0.05) is 0 Å². The minimum atomic E-state index is 0.712. The first kappa shape index (κ1) is 10.6. The largest absolute Gasteiger partial charge is 0.372 e. The highest BCUT2D eigenvalue weighted by atomic mass is 15.1. The Balaban J connectivity index is 2.17. The van der Waals surface area contributed by atoms with Crippen LogP contribution in [0.15, 0.2) is 18.7 Å². The molecule has 0 bridgehead atoms. The number of rotatable bonds is 3. The SMILES string of the molecule is CNc1cnc(Cn2cnc(C)c2C)cn1. The van der Waals surface area contributed by atoms with E-state index in [0.717, 1.165) is 17.2 Å². The third-order valence-electron chi connectivity index (χ3n) is 2.64. The monoisotopic (exact) mass is 217 g/mol. The van der Waals surface area contributed by atoms with Gasteiger partial charge in [-0.2, -0.15) is 0 Å². The zero-order valence-corrected chi connectivity index (χ0v) is 9.73. The molecule has 0 unspecified atom stereocenters. The molecule has 0 saturated carbocycles. The molecule has 5 nitrogen and oxygen atoms in total. The smallest absolute Gasteiger partial charge is 0.144 e. The average Bonchev–Trinajstić information content (AvgIpc) is 2.62. The second-order valence-electron chi connectivity index (χ2n) is 3.69. The minimum absolute atomic E-state index is 0.712. The van der Waals surface area contributed by atoms with Gasteiger partial charge < -0.3 is 9.88 Å². The topological polar surface area (TPSA) is 55.6 Å². The van der Waals surface area contributed by atoms with Crippen molar-refractivity contribution in [3.63, 3.8) is 0 Å². The summed E-state index contributed by atoms with van der Waals surface area (Å²) in [4.78, 5) is 12.8. The average molecular weight is 217 g/mol. The number of aryl methyl sites for hydroxylation is 1. The maximum atomic E-state index is 4.32. The van der Waals surface area contributed by atoms with Crippen LogP contribution in [0, 0.1) is 13.8 Å². The van der Waals surface area contributed by atoms with Gasteiger partial charge in [0.25, 0.3) is 0 Å². The fraction of sp³-hybridized carbons (Fsp3) is 0.364. The molecule has 0 amide bonds. The first-order chi connectivity index (χ1) is 7.70. The highest BCUT2D eigenvalue weighted by molar-refractivity contribution is 5.29. The predicted molar refractivity (Wildman–Crippen MR) is 62.4 cm³/mol. The lowest BCUT2D eigenvalue weighted by atomic mass is 10.3. The van der Waals surface area contributed by atoms with Gasteiger partial charge in [0.1, 0.15) is 5.82 Å². The summed E-state index contributed by atoms with van der Waals surface area (Å²) in [5.74, 6) is 0.780. The fourth-order valence-electron chi connectivity index (χ4n) is 1.44. The van der Waals surface area contributed by atoms with Gasteiger partial charge in [0.15, 0.2) is 0 Å². The molecule has 2 rings (SSSR count). The molecule has 0 aliphatic heterocycles. The summed E-state index contributed by atoms with van der Waals surface area (Å²) < 4.78 is 2.07. The molecule has 2 aromatic heterocycles. The molecule has 1 N–H and O–H groups in total. The quantitative estimate of drug-likeness (QED) is 0.844. The maximum Gasteiger partial charge on any atom is 0.144 e. The lowest BCUT2D eigenvalue weighted by Gasteiger charge is -2.05. The van der Waals surface area contributed by atoms with E-state index in [4.69, 9.17) is 0 Å². The Morgan fingerprint density at radius 3 is 2.50 bits per heavy atom. The third-order valence-corrected chi connectivity index (χ3v) is 2.64. The van der Waals surface area contributed by atoms with Crippen LogP contribution >= 0.6 is 0 Å². The van der Waals surface area contributed by atoms with E-state index in [2.05, 4.69) is 31.8 Å². The number of imidazole rings is 1. The Hall–Kier alpha value is -1.91. The van der Waals surface area contributed by atoms with E-state index in [1.165, 1.54) is 5.69 Å². The first-order valence-corrected chi connectivity index (χ1v) is 5.17. The number of anilines is 1. The molecule has 16 heavy (non-hydrogen) atoms. The van der Waals surface area contributed by atoms with Crippen LogP contribution < -0.4 is 5.32 Å². The summed E-state index contributed by atoms with van der Waals surface area (Å²) in [6.07, 6.45) is 5.34. The molecule has 5 heteroatoms. The summed E-state index contributed by atoms with van der Waals surface area (Å²) in [6, 6.07) is 0. The van der Waals surface area contributed by atoms with Gasteiger partial charge in [0.05, 0.1) is 36.7 Å². The molecule has 0 aliphatic carbocycles. The summed E-state index contributed by atoms with van der Waals surface area (Å²) in [5, 5.41) is 2.94. The molecular formula is C11H15N5. The highest BCUT2D eigenvalue weighted by Gasteiger charge is 2.03. The van der Waals surface area contributed by atoms with E-state index in [1.54, 1.807) is 12.4 Å². The lowest BCUT2D eigenvalue weighted by Crippen LogP contribution is -2.04. The van der Waals surface area contributed by atoms with Crippen LogP contribution in [-0.2, 0) is 6.54 Å². The van der Waals surface area contributed by atoms with Crippen molar-refractivity contribution in [2.75, 3.05) is 12.4 Å². The summed E-state index contributed by atoms with van der Waals surface area (Å²) in [7, 11) is 1.83. The molecule has 0 saturated heterocycles. The number of aromatic nitrogens is 4. The van der Waals surface area contributed by atoms with Crippen LogP contribution in [0.4, 0.5) is 5.82 Å². The molecule has 0 atom stereocenters. The van der Waals surface area contributed by atoms with Crippen molar-refractivity contribution in [2.24, 2.45) is 0 Å². The van der Waals surface area contributed by atoms with E-state index >= 15 is 0 Å². The van der Waals surface area contributed by atoms with Crippen LogP contribution in [0.3, 0.4) is 0 Å². The molecule has 84 valence electrons. The Kier molecular flexibility index (Phi) is 2.85. The predicted octanol–water partition coefficient (Wildman–Crippen LogP) is 1.38. The van der Waals surface area contributed by atoms with Gasteiger partial charge in [0.2, 0.25) is 0 Å². The zero-order chi connectivity index (χ0) is 11.5. The summed E-state index contributed by atoms with van der Waals surface area (Å²) in [6.45, 7) is 4.77. The maximum absolute atomic E-state index is 4.32. The van der Waals surface area contributed by atoms with Gasteiger partial charge >= 0.3 is 0 Å². The molecule has 0 aromatic carbocycles. The van der Waals surface area contributed by atoms with Crippen molar-refractivity contribution in [1.29, 1.82) is 0 Å². The molecule has 2 aromatic rings. The van der Waals surface area contributed by atoms with Crippen molar-refractivity contribution >= 4 is 5.82 Å². The van der Waals surface area contributed by atoms with Gasteiger partial charge in [-0.05, 0) is 13.8 Å². The second kappa shape index (κ2) is 4.30. The summed E-state index contributed by atoms with van der Waals surface area (Å²) >= 11 is 0. The second-order valence-corrected chi connectivity index (χ2v) is 3.69. The normalized spacial score (nSPS) is 10.4. The first-order valence-electron chi connectivity index (χ1n) is 5.17. The Bertz CT molecular complexity index is 472. The Labute approximate surface area is 94.6 Å². The summed E-state index contributed by atoms with van der Waals surface area (Å²) in [5.41, 5.74) is 3.15. The van der Waals surface area contributed by atoms with Gasteiger partial charge in [-0.15, -0.1) is 0 Å². The number of nitrogens with one attached hydrogen (secondary N) is 1. The molecule has 0 spiro atoms. The minimum Gasteiger partial charge on any atom is -0.372 e. The third kappa shape index (κ3) is 2.03. The molecule has 2 heterocycles. The van der Waals surface area contributed by atoms with Crippen molar-refractivity contribution in [1.82, 2.24) is 19.5 Å². The van der Waals surface area contributed by atoms with E-state index in [9.17, 15) is 0 Å². The standard InChI is InChI=1S/C11H15N5/c1-8-9(2)16(7-15-8)6-10-4-14-11(12-3)5-13-10/h4-5,7H,6H2,1-3H3,(H,12,14). The van der Waals surface area contributed by atoms with Crippen LogP contribution in [0.2, 0.25) is 0 Å². The van der Waals surface area contributed by atoms with Gasteiger partial charge in [-0.25, -0.2) is 9.97 Å². The fourth-order valence-corrected chi connectivity index (χ4v) is 1.44. The highest BCUT2D eigenvalue weighted by Crippen LogP contribution is 2.07. The molecular weight excluding hydrogens is 202 g/mol. The number of nitrogens with zero attached hydrogens (tertiary/aromatic N) is 4. The van der Waals surface area contributed by atoms with E-state index in [0.29, 0.717) is 6.54 Å². The van der Waals surface area contributed by atoms with Crippen LogP contribution in [0.1, 0.15) is 17.1 Å². The van der Waals surface area contributed by atoms with Crippen molar-refractivity contribution in [3.8, 4) is 0 Å². The molecule has 0 aliphatic rings. The lowest BCUT2D eigenvalue weighted by molar-refractivity contribution is 0.743. The Morgan fingerprint density at radius 2 is 2.00 bits per heavy atom. The van der Waals surface area contributed by atoms with E-state index in [-0.39, 0.29) is 0 Å². The molecule has 0 radical (unpaired) electrons. The van der Waals surface area contributed by atoms with E-state index < -0.39 is 0 Å². The van der Waals surface area contributed by atoms with Crippen molar-refractivity contribution in [3.05, 3.63) is 35.8 Å². The van der Waals surface area contributed by atoms with Gasteiger partial charge in [-0.3, -0.25) is 4.98 Å². The zero-order valence-electron chi connectivity index (χ0n) is 9.73. The van der Waals surface area contributed by atoms with E-state index in [1.807, 2.05) is 20.3 Å². The van der Waals surface area contributed by atoms with Gasteiger partial charge in [0, 0.05) is 12.7 Å². The van der Waals surface area contributed by atoms with Crippen LogP contribution in [-0.4, -0.2) is 26.6 Å². The molecule has 0 fully saturated rings. The van der Waals surface area contributed by atoms with Crippen LogP contribution in [0.25, 0.3) is 0 Å². The number of hydrogen-bond acceptors (Lipinski definition) is 4.